The van der Waals surface area contributed by atoms with E-state index in [1.54, 1.807) is 0 Å². The quantitative estimate of drug-likeness (QED) is 0.478. The van der Waals surface area contributed by atoms with Crippen LogP contribution in [0.2, 0.25) is 0 Å². The minimum atomic E-state index is -0.627. The van der Waals surface area contributed by atoms with Crippen LogP contribution >= 0.6 is 0 Å². The van der Waals surface area contributed by atoms with Crippen LogP contribution in [0.1, 0.15) is 58.4 Å². The van der Waals surface area contributed by atoms with Gasteiger partial charge in [-0.15, -0.1) is 0 Å². The van der Waals surface area contributed by atoms with E-state index in [1.807, 2.05) is 37.4 Å². The minimum absolute atomic E-state index is 0.0728. The zero-order chi connectivity index (χ0) is 22.4. The molecule has 0 saturated carbocycles. The molecule has 1 aromatic heterocycles. The van der Waals surface area contributed by atoms with Crippen molar-refractivity contribution in [1.29, 1.82) is 0 Å². The number of hydrogen-bond donors (Lipinski definition) is 3. The summed E-state index contributed by atoms with van der Waals surface area (Å²) in [6.07, 6.45) is 6.24. The van der Waals surface area contributed by atoms with Gasteiger partial charge in [-0.05, 0) is 43.7 Å². The second-order valence-corrected chi connectivity index (χ2v) is 8.93. The number of benzene rings is 1. The fourth-order valence-electron chi connectivity index (χ4n) is 4.08. The van der Waals surface area contributed by atoms with Crippen LogP contribution in [0.5, 0.6) is 0 Å². The van der Waals surface area contributed by atoms with Gasteiger partial charge in [0, 0.05) is 36.1 Å². The number of aromatic amines is 1. The summed E-state index contributed by atoms with van der Waals surface area (Å²) in [6, 6.07) is 7.08. The molecule has 3 N–H and O–H groups in total. The van der Waals surface area contributed by atoms with E-state index in [0.29, 0.717) is 25.3 Å². The monoisotopic (exact) mass is 426 g/mol. The molecule has 0 spiro atoms. The van der Waals surface area contributed by atoms with E-state index in [2.05, 4.69) is 29.5 Å². The third-order valence-corrected chi connectivity index (χ3v) is 5.87. The lowest BCUT2D eigenvalue weighted by atomic mass is 10.0. The van der Waals surface area contributed by atoms with E-state index >= 15 is 0 Å². The molecule has 2 aromatic rings. The average molecular weight is 427 g/mol. The molecule has 1 saturated heterocycles. The molecule has 1 aliphatic rings. The van der Waals surface area contributed by atoms with Gasteiger partial charge in [-0.1, -0.05) is 44.9 Å². The van der Waals surface area contributed by atoms with Crippen molar-refractivity contribution in [1.82, 2.24) is 20.5 Å². The van der Waals surface area contributed by atoms with E-state index in [4.69, 9.17) is 0 Å². The van der Waals surface area contributed by atoms with Crippen molar-refractivity contribution in [2.24, 2.45) is 5.92 Å². The summed E-state index contributed by atoms with van der Waals surface area (Å²) in [5.41, 5.74) is 2.11. The molecule has 1 aromatic carbocycles. The second-order valence-electron chi connectivity index (χ2n) is 8.93. The van der Waals surface area contributed by atoms with E-state index in [-0.39, 0.29) is 30.3 Å². The largest absolute Gasteiger partial charge is 0.361 e. The Hall–Kier alpha value is -2.83. The number of hydrogen-bond acceptors (Lipinski definition) is 3. The number of imide groups is 1. The van der Waals surface area contributed by atoms with Crippen LogP contribution in [0.3, 0.4) is 0 Å². The summed E-state index contributed by atoms with van der Waals surface area (Å²) < 4.78 is 0. The maximum atomic E-state index is 12.7. The second kappa shape index (κ2) is 10.5. The molecule has 7 nitrogen and oxygen atoms in total. The lowest BCUT2D eigenvalue weighted by molar-refractivity contribution is -0.127. The Balaban J connectivity index is 1.44. The van der Waals surface area contributed by atoms with Crippen molar-refractivity contribution in [3.63, 3.8) is 0 Å². The number of fused-ring (bicyclic) bond motifs is 1. The molecule has 1 aliphatic heterocycles. The number of nitrogens with one attached hydrogen (secondary N) is 3. The highest BCUT2D eigenvalue weighted by molar-refractivity contribution is 6.04. The molecule has 7 heteroatoms. The first-order chi connectivity index (χ1) is 14.8. The van der Waals surface area contributed by atoms with Crippen molar-refractivity contribution in [3.8, 4) is 0 Å². The lowest BCUT2D eigenvalue weighted by Gasteiger charge is -2.15. The molecule has 4 amide bonds. The Kier molecular flexibility index (Phi) is 7.71. The van der Waals surface area contributed by atoms with Gasteiger partial charge in [0.2, 0.25) is 5.91 Å². The predicted molar refractivity (Wildman–Crippen MR) is 122 cm³/mol. The van der Waals surface area contributed by atoms with Gasteiger partial charge in [0.05, 0.1) is 0 Å². The first-order valence-corrected chi connectivity index (χ1v) is 11.3. The van der Waals surface area contributed by atoms with Gasteiger partial charge in [0.15, 0.2) is 0 Å². The van der Waals surface area contributed by atoms with Gasteiger partial charge in [0.1, 0.15) is 6.04 Å². The van der Waals surface area contributed by atoms with Crippen molar-refractivity contribution in [3.05, 3.63) is 36.0 Å². The van der Waals surface area contributed by atoms with Crippen LogP contribution in [0.4, 0.5) is 4.79 Å². The molecule has 31 heavy (non-hydrogen) atoms. The third-order valence-electron chi connectivity index (χ3n) is 5.87. The predicted octanol–water partition coefficient (Wildman–Crippen LogP) is 3.74. The van der Waals surface area contributed by atoms with Crippen molar-refractivity contribution in [2.45, 2.75) is 71.4 Å². The van der Waals surface area contributed by atoms with E-state index < -0.39 is 6.04 Å². The van der Waals surface area contributed by atoms with Crippen LogP contribution in [0, 0.1) is 5.92 Å². The molecule has 0 unspecified atom stereocenters. The van der Waals surface area contributed by atoms with Crippen LogP contribution in [-0.4, -0.2) is 46.4 Å². The molecule has 0 aliphatic carbocycles. The maximum Gasteiger partial charge on any atom is 0.324 e. The number of H-pyrrole nitrogens is 1. The summed E-state index contributed by atoms with van der Waals surface area (Å²) in [5, 5.41) is 6.82. The van der Waals surface area contributed by atoms with Gasteiger partial charge < -0.3 is 15.6 Å². The standard InChI is InChI=1S/C24H34N4O3/c1-16(2)7-6-8-17(3)26-22(29)12-11-21-23(30)28(24(31)27-21)14-13-18-15-25-20-10-5-4-9-19(18)20/h4-5,9-10,15-17,21,25H,6-8,11-14H2,1-3H3,(H,26,29)(H,27,31)/t17-,21-/m0/s1. The number of nitrogens with zero attached hydrogens (tertiary/aromatic N) is 1. The fraction of sp³-hybridized carbons (Fsp3) is 0.542. The smallest absolute Gasteiger partial charge is 0.324 e. The number of urea groups is 1. The summed E-state index contributed by atoms with van der Waals surface area (Å²) >= 11 is 0. The van der Waals surface area contributed by atoms with Crippen LogP contribution < -0.4 is 10.6 Å². The molecule has 1 fully saturated rings. The van der Waals surface area contributed by atoms with Crippen LogP contribution in [0.15, 0.2) is 30.5 Å². The van der Waals surface area contributed by atoms with Crippen molar-refractivity contribution < 1.29 is 14.4 Å². The SMILES string of the molecule is CC(C)CCC[C@H](C)NC(=O)CC[C@@H]1NC(=O)N(CCc2c[nH]c3ccccc23)C1=O. The summed E-state index contributed by atoms with van der Waals surface area (Å²) in [4.78, 5) is 41.7. The first kappa shape index (κ1) is 22.8. The molecule has 168 valence electrons. The maximum absolute atomic E-state index is 12.7. The Morgan fingerprint density at radius 1 is 1.16 bits per heavy atom. The minimum Gasteiger partial charge on any atom is -0.361 e. The molecule has 0 bridgehead atoms. The number of aromatic nitrogens is 1. The van der Waals surface area contributed by atoms with E-state index in [0.717, 1.165) is 35.7 Å². The van der Waals surface area contributed by atoms with Gasteiger partial charge in [0.25, 0.3) is 5.91 Å². The average Bonchev–Trinajstić information content (AvgIpc) is 3.25. The van der Waals surface area contributed by atoms with E-state index in [1.165, 1.54) is 4.90 Å². The zero-order valence-electron chi connectivity index (χ0n) is 18.7. The number of rotatable bonds is 11. The van der Waals surface area contributed by atoms with Gasteiger partial charge in [-0.3, -0.25) is 14.5 Å². The van der Waals surface area contributed by atoms with E-state index in [9.17, 15) is 14.4 Å². The molecule has 0 radical (unpaired) electrons. The fourth-order valence-corrected chi connectivity index (χ4v) is 4.08. The van der Waals surface area contributed by atoms with Gasteiger partial charge in [-0.25, -0.2) is 4.79 Å². The molecule has 2 heterocycles. The van der Waals surface area contributed by atoms with Crippen molar-refractivity contribution in [2.75, 3.05) is 6.54 Å². The van der Waals surface area contributed by atoms with Crippen LogP contribution in [-0.2, 0) is 16.0 Å². The Bertz CT molecular complexity index is 920. The topological polar surface area (TPSA) is 94.3 Å². The number of para-hydroxylation sites is 1. The number of carbonyl (C=O) groups excluding carboxylic acids is 3. The van der Waals surface area contributed by atoms with Crippen LogP contribution in [0.25, 0.3) is 10.9 Å². The Morgan fingerprint density at radius 2 is 1.94 bits per heavy atom. The molecular weight excluding hydrogens is 392 g/mol. The van der Waals surface area contributed by atoms with Gasteiger partial charge >= 0.3 is 6.03 Å². The molecule has 3 rings (SSSR count). The summed E-state index contributed by atoms with van der Waals surface area (Å²) in [5.74, 6) is 0.345. The highest BCUT2D eigenvalue weighted by Crippen LogP contribution is 2.19. The number of carbonyl (C=O) groups is 3. The van der Waals surface area contributed by atoms with Gasteiger partial charge in [-0.2, -0.15) is 0 Å². The lowest BCUT2D eigenvalue weighted by Crippen LogP contribution is -2.35. The van der Waals surface area contributed by atoms with Crippen molar-refractivity contribution >= 4 is 28.7 Å². The highest BCUT2D eigenvalue weighted by Gasteiger charge is 2.37. The third kappa shape index (κ3) is 6.09. The Labute approximate surface area is 183 Å². The Morgan fingerprint density at radius 3 is 2.71 bits per heavy atom. The normalized spacial score (nSPS) is 17.4. The number of amides is 4. The molecule has 2 atom stereocenters. The first-order valence-electron chi connectivity index (χ1n) is 11.3. The summed E-state index contributed by atoms with van der Waals surface area (Å²) in [7, 11) is 0. The molecular formula is C24H34N4O3. The zero-order valence-corrected chi connectivity index (χ0v) is 18.7. The summed E-state index contributed by atoms with van der Waals surface area (Å²) in [6.45, 7) is 6.72. The highest BCUT2D eigenvalue weighted by atomic mass is 16.2.